The molecule has 0 radical (unpaired) electrons. The maximum absolute atomic E-state index is 5.80. The van der Waals surface area contributed by atoms with Gasteiger partial charge in [0.05, 0.1) is 31.4 Å². The van der Waals surface area contributed by atoms with Crippen molar-refractivity contribution in [3.63, 3.8) is 0 Å². The Morgan fingerprint density at radius 1 is 0.579 bits per heavy atom. The Bertz CT molecular complexity index is 159. The van der Waals surface area contributed by atoms with Gasteiger partial charge in [0, 0.05) is 0 Å². The molecule has 0 fully saturated rings. The van der Waals surface area contributed by atoms with Crippen LogP contribution in [0.25, 0.3) is 0 Å². The second-order valence-corrected chi connectivity index (χ2v) is 6.32. The van der Waals surface area contributed by atoms with E-state index in [0.717, 1.165) is 24.8 Å². The predicted octanol–water partition coefficient (Wildman–Crippen LogP) is 4.27. The predicted molar refractivity (Wildman–Crippen MR) is 88.8 cm³/mol. The van der Waals surface area contributed by atoms with Gasteiger partial charge < -0.3 is 4.90 Å². The maximum atomic E-state index is 5.80. The fraction of sp³-hybridized carbons (Fsp3) is 1.00. The molecule has 0 atom stereocenters. The highest BCUT2D eigenvalue weighted by Crippen LogP contribution is 2.09. The van der Waals surface area contributed by atoms with Crippen molar-refractivity contribution in [1.29, 1.82) is 0 Å². The lowest BCUT2D eigenvalue weighted by molar-refractivity contribution is -0.895. The van der Waals surface area contributed by atoms with Gasteiger partial charge >= 0.3 is 0 Å². The number of hydrogen-bond donors (Lipinski definition) is 1. The first-order chi connectivity index (χ1) is 9.35. The zero-order chi connectivity index (χ0) is 14.2. The van der Waals surface area contributed by atoms with Crippen molar-refractivity contribution in [2.24, 2.45) is 0 Å². The van der Waals surface area contributed by atoms with E-state index in [0.29, 0.717) is 0 Å². The summed E-state index contributed by atoms with van der Waals surface area (Å²) in [6.45, 7) is 5.65. The Kier molecular flexibility index (Phi) is 17.1. The fourth-order valence-electron chi connectivity index (χ4n) is 2.50. The monoisotopic (exact) mass is 310 g/mol. The van der Waals surface area contributed by atoms with Crippen LogP contribution in [-0.4, -0.2) is 31.4 Å². The first-order valence-electron chi connectivity index (χ1n) is 8.30. The van der Waals surface area contributed by atoms with Crippen molar-refractivity contribution in [2.75, 3.05) is 31.4 Å². The Balaban J connectivity index is 3.20. The van der Waals surface area contributed by atoms with E-state index in [9.17, 15) is 0 Å². The molecular formula is C16H34Cl2N+. The zero-order valence-electron chi connectivity index (χ0n) is 12.9. The number of rotatable bonds is 15. The van der Waals surface area contributed by atoms with Gasteiger partial charge in [0.1, 0.15) is 0 Å². The van der Waals surface area contributed by atoms with Crippen LogP contribution in [0.5, 0.6) is 0 Å². The molecule has 0 amide bonds. The molecule has 0 aliphatic carbocycles. The topological polar surface area (TPSA) is 4.44 Å². The van der Waals surface area contributed by atoms with Crippen LogP contribution in [0.3, 0.4) is 0 Å². The average Bonchev–Trinajstić information content (AvgIpc) is 2.41. The van der Waals surface area contributed by atoms with Crippen LogP contribution < -0.4 is 4.90 Å². The lowest BCUT2D eigenvalue weighted by Crippen LogP contribution is -3.12. The molecule has 1 N–H and O–H groups in total. The van der Waals surface area contributed by atoms with Crippen LogP contribution in [0, 0.1) is 0 Å². The summed E-state index contributed by atoms with van der Waals surface area (Å²) in [7, 11) is 0. The molecule has 0 aromatic carbocycles. The van der Waals surface area contributed by atoms with Gasteiger partial charge in [-0.1, -0.05) is 58.3 Å². The van der Waals surface area contributed by atoms with Crippen molar-refractivity contribution < 1.29 is 4.90 Å². The van der Waals surface area contributed by atoms with E-state index in [-0.39, 0.29) is 0 Å². The number of halogens is 2. The van der Waals surface area contributed by atoms with Crippen LogP contribution in [0.15, 0.2) is 0 Å². The summed E-state index contributed by atoms with van der Waals surface area (Å²) in [6, 6.07) is 0. The third kappa shape index (κ3) is 14.8. The SMILES string of the molecule is CCCCCCCCCCCC[NH+](CCCl)CCCl. The molecule has 0 aliphatic rings. The van der Waals surface area contributed by atoms with Gasteiger partial charge in [0.15, 0.2) is 0 Å². The standard InChI is InChI=1S/C16H33Cl2N/c1-2-3-4-5-6-7-8-9-10-11-14-19(15-12-17)16-13-18/h2-16H2,1H3/p+1. The first-order valence-corrected chi connectivity index (χ1v) is 9.37. The molecule has 0 saturated heterocycles. The molecule has 0 bridgehead atoms. The second kappa shape index (κ2) is 16.6. The molecule has 0 aliphatic heterocycles. The van der Waals surface area contributed by atoms with Gasteiger partial charge in [-0.05, 0) is 12.8 Å². The summed E-state index contributed by atoms with van der Waals surface area (Å²) >= 11 is 11.6. The van der Waals surface area contributed by atoms with Crippen LogP contribution >= 0.6 is 23.2 Å². The minimum absolute atomic E-state index is 0.754. The highest BCUT2D eigenvalue weighted by Gasteiger charge is 2.05. The lowest BCUT2D eigenvalue weighted by atomic mass is 10.1. The largest absolute Gasteiger partial charge is 0.333 e. The Labute approximate surface area is 131 Å². The number of hydrogen-bond acceptors (Lipinski definition) is 0. The van der Waals surface area contributed by atoms with Gasteiger partial charge in [-0.2, -0.15) is 0 Å². The van der Waals surface area contributed by atoms with Crippen LogP contribution in [0.1, 0.15) is 71.1 Å². The van der Waals surface area contributed by atoms with Gasteiger partial charge in [-0.3, -0.25) is 0 Å². The summed E-state index contributed by atoms with van der Waals surface area (Å²) in [5.74, 6) is 1.51. The molecule has 0 heterocycles. The summed E-state index contributed by atoms with van der Waals surface area (Å²) in [5.41, 5.74) is 0. The Hall–Kier alpha value is 0.540. The van der Waals surface area contributed by atoms with E-state index in [1.54, 1.807) is 4.90 Å². The zero-order valence-corrected chi connectivity index (χ0v) is 14.4. The highest BCUT2D eigenvalue weighted by atomic mass is 35.5. The van der Waals surface area contributed by atoms with E-state index >= 15 is 0 Å². The minimum Gasteiger partial charge on any atom is -0.333 e. The van der Waals surface area contributed by atoms with E-state index in [2.05, 4.69) is 6.92 Å². The normalized spacial score (nSPS) is 11.4. The molecule has 19 heavy (non-hydrogen) atoms. The molecule has 0 unspecified atom stereocenters. The Morgan fingerprint density at radius 2 is 1.00 bits per heavy atom. The summed E-state index contributed by atoms with van der Waals surface area (Å²) in [4.78, 5) is 1.57. The van der Waals surface area contributed by atoms with Crippen molar-refractivity contribution in [1.82, 2.24) is 0 Å². The maximum Gasteiger partial charge on any atom is 0.0908 e. The summed E-state index contributed by atoms with van der Waals surface area (Å²) in [6.07, 6.45) is 14.1. The third-order valence-corrected chi connectivity index (χ3v) is 4.16. The van der Waals surface area contributed by atoms with Gasteiger partial charge in [-0.15, -0.1) is 23.2 Å². The molecule has 0 rings (SSSR count). The molecule has 0 aromatic heterocycles. The molecular weight excluding hydrogens is 277 g/mol. The molecule has 0 saturated carbocycles. The second-order valence-electron chi connectivity index (χ2n) is 5.56. The van der Waals surface area contributed by atoms with Crippen LogP contribution in [0.2, 0.25) is 0 Å². The van der Waals surface area contributed by atoms with E-state index in [4.69, 9.17) is 23.2 Å². The van der Waals surface area contributed by atoms with E-state index in [1.165, 1.54) is 70.8 Å². The Morgan fingerprint density at radius 3 is 1.42 bits per heavy atom. The van der Waals surface area contributed by atoms with Crippen molar-refractivity contribution in [3.05, 3.63) is 0 Å². The van der Waals surface area contributed by atoms with Gasteiger partial charge in [0.25, 0.3) is 0 Å². The summed E-state index contributed by atoms with van der Waals surface area (Å²) < 4.78 is 0. The molecule has 116 valence electrons. The number of quaternary nitrogens is 1. The molecule has 0 spiro atoms. The molecule has 1 nitrogen and oxygen atoms in total. The minimum atomic E-state index is 0.754. The first kappa shape index (κ1) is 19.5. The third-order valence-electron chi connectivity index (χ3n) is 3.78. The molecule has 0 aromatic rings. The van der Waals surface area contributed by atoms with E-state index < -0.39 is 0 Å². The number of unbranched alkanes of at least 4 members (excludes halogenated alkanes) is 9. The van der Waals surface area contributed by atoms with Crippen LogP contribution in [0.4, 0.5) is 0 Å². The van der Waals surface area contributed by atoms with Crippen molar-refractivity contribution >= 4 is 23.2 Å². The quantitative estimate of drug-likeness (QED) is 0.340. The average molecular weight is 311 g/mol. The van der Waals surface area contributed by atoms with Crippen molar-refractivity contribution in [3.8, 4) is 0 Å². The fourth-order valence-corrected chi connectivity index (χ4v) is 3.04. The number of nitrogens with one attached hydrogen (secondary N) is 1. The number of alkyl halides is 2. The van der Waals surface area contributed by atoms with Crippen molar-refractivity contribution in [2.45, 2.75) is 71.1 Å². The smallest absolute Gasteiger partial charge is 0.0908 e. The van der Waals surface area contributed by atoms with Crippen LogP contribution in [-0.2, 0) is 0 Å². The lowest BCUT2D eigenvalue weighted by Gasteiger charge is -2.16. The summed E-state index contributed by atoms with van der Waals surface area (Å²) in [5, 5.41) is 0. The van der Waals surface area contributed by atoms with E-state index in [1.807, 2.05) is 0 Å². The molecule has 3 heteroatoms. The van der Waals surface area contributed by atoms with Gasteiger partial charge in [-0.25, -0.2) is 0 Å². The highest BCUT2D eigenvalue weighted by molar-refractivity contribution is 6.18. The van der Waals surface area contributed by atoms with Gasteiger partial charge in [0.2, 0.25) is 0 Å².